The molecule has 1 aromatic carbocycles. The van der Waals surface area contributed by atoms with E-state index in [2.05, 4.69) is 10.4 Å². The molecule has 3 nitrogen and oxygen atoms in total. The van der Waals surface area contributed by atoms with E-state index < -0.39 is 0 Å². The van der Waals surface area contributed by atoms with Crippen LogP contribution in [0.25, 0.3) is 11.3 Å². The van der Waals surface area contributed by atoms with Crippen LogP contribution in [0.2, 0.25) is 0 Å². The smallest absolute Gasteiger partial charge is 0.119 e. The van der Waals surface area contributed by atoms with Gasteiger partial charge in [0.15, 0.2) is 0 Å². The average Bonchev–Trinajstić information content (AvgIpc) is 2.85. The summed E-state index contributed by atoms with van der Waals surface area (Å²) in [6, 6.07) is 8.20. The maximum absolute atomic E-state index is 5.76. The Balaban J connectivity index is 2.13. The van der Waals surface area contributed by atoms with Crippen molar-refractivity contribution in [3.63, 3.8) is 0 Å². The lowest BCUT2D eigenvalue weighted by Crippen LogP contribution is -2.15. The number of nitrogens with two attached hydrogens (primary N) is 1. The molecule has 2 N–H and O–H groups in total. The van der Waals surface area contributed by atoms with Crippen molar-refractivity contribution in [2.75, 3.05) is 7.11 Å². The van der Waals surface area contributed by atoms with Crippen molar-refractivity contribution in [3.8, 4) is 17.0 Å². The maximum atomic E-state index is 5.76. The van der Waals surface area contributed by atoms with Crippen molar-refractivity contribution in [3.05, 3.63) is 34.7 Å². The molecule has 1 atom stereocenters. The van der Waals surface area contributed by atoms with Gasteiger partial charge in [-0.3, -0.25) is 0 Å². The van der Waals surface area contributed by atoms with Gasteiger partial charge >= 0.3 is 0 Å². The lowest BCUT2D eigenvalue weighted by Gasteiger charge is -2.02. The SMILES string of the molecule is COc1cccc(-c2csc(CCC(C)N)n2)c1. The number of thiazole rings is 1. The van der Waals surface area contributed by atoms with Crippen molar-refractivity contribution >= 4 is 11.3 Å². The minimum atomic E-state index is 0.231. The summed E-state index contributed by atoms with van der Waals surface area (Å²) >= 11 is 1.69. The van der Waals surface area contributed by atoms with Gasteiger partial charge < -0.3 is 10.5 Å². The molecule has 0 bridgehead atoms. The Morgan fingerprint density at radius 2 is 2.28 bits per heavy atom. The molecule has 0 aliphatic rings. The highest BCUT2D eigenvalue weighted by molar-refractivity contribution is 7.09. The molecule has 0 aliphatic heterocycles. The summed E-state index contributed by atoms with van der Waals surface area (Å²) < 4.78 is 5.22. The molecular formula is C14H18N2OS. The number of hydrogen-bond acceptors (Lipinski definition) is 4. The minimum Gasteiger partial charge on any atom is -0.497 e. The molecule has 1 heterocycles. The first-order valence-electron chi connectivity index (χ1n) is 6.03. The third-order valence-electron chi connectivity index (χ3n) is 2.73. The van der Waals surface area contributed by atoms with Gasteiger partial charge in [0.2, 0.25) is 0 Å². The number of aryl methyl sites for hydroxylation is 1. The highest BCUT2D eigenvalue weighted by Crippen LogP contribution is 2.25. The maximum Gasteiger partial charge on any atom is 0.119 e. The Morgan fingerprint density at radius 1 is 1.44 bits per heavy atom. The molecule has 0 amide bonds. The van der Waals surface area contributed by atoms with Crippen LogP contribution in [-0.4, -0.2) is 18.1 Å². The molecule has 96 valence electrons. The summed E-state index contributed by atoms with van der Waals surface area (Å²) in [5.41, 5.74) is 7.86. The Bertz CT molecular complexity index is 508. The molecule has 0 saturated carbocycles. The van der Waals surface area contributed by atoms with Gasteiger partial charge in [-0.2, -0.15) is 0 Å². The van der Waals surface area contributed by atoms with Gasteiger partial charge in [-0.05, 0) is 25.5 Å². The number of hydrogen-bond donors (Lipinski definition) is 1. The van der Waals surface area contributed by atoms with Gasteiger partial charge in [-0.1, -0.05) is 12.1 Å². The zero-order valence-corrected chi connectivity index (χ0v) is 11.5. The van der Waals surface area contributed by atoms with Crippen LogP contribution in [0.4, 0.5) is 0 Å². The third-order valence-corrected chi connectivity index (χ3v) is 3.64. The van der Waals surface area contributed by atoms with Crippen LogP contribution < -0.4 is 10.5 Å². The summed E-state index contributed by atoms with van der Waals surface area (Å²) in [5.74, 6) is 0.859. The normalized spacial score (nSPS) is 12.4. The summed E-state index contributed by atoms with van der Waals surface area (Å²) in [4.78, 5) is 4.64. The summed E-state index contributed by atoms with van der Waals surface area (Å²) in [5, 5.41) is 3.23. The first-order chi connectivity index (χ1) is 8.69. The van der Waals surface area contributed by atoms with Crippen molar-refractivity contribution in [1.82, 2.24) is 4.98 Å². The summed E-state index contributed by atoms with van der Waals surface area (Å²) in [6.07, 6.45) is 1.93. The van der Waals surface area contributed by atoms with Gasteiger partial charge in [0.25, 0.3) is 0 Å². The Hall–Kier alpha value is -1.39. The van der Waals surface area contributed by atoms with E-state index in [1.165, 1.54) is 0 Å². The van der Waals surface area contributed by atoms with Crippen molar-refractivity contribution in [2.45, 2.75) is 25.8 Å². The Kier molecular flexibility index (Phi) is 4.33. The van der Waals surface area contributed by atoms with Crippen LogP contribution in [0.1, 0.15) is 18.4 Å². The quantitative estimate of drug-likeness (QED) is 0.900. The van der Waals surface area contributed by atoms with Gasteiger partial charge in [0.05, 0.1) is 17.8 Å². The van der Waals surface area contributed by atoms with Crippen LogP contribution >= 0.6 is 11.3 Å². The number of benzene rings is 1. The van der Waals surface area contributed by atoms with Crippen LogP contribution in [-0.2, 0) is 6.42 Å². The molecule has 0 saturated heterocycles. The Morgan fingerprint density at radius 3 is 3.00 bits per heavy atom. The van der Waals surface area contributed by atoms with Gasteiger partial charge in [0.1, 0.15) is 5.75 Å². The number of rotatable bonds is 5. The lowest BCUT2D eigenvalue weighted by molar-refractivity contribution is 0.415. The highest BCUT2D eigenvalue weighted by Gasteiger charge is 2.06. The molecule has 0 spiro atoms. The number of nitrogens with zero attached hydrogens (tertiary/aromatic N) is 1. The Labute approximate surface area is 112 Å². The molecule has 0 radical (unpaired) electrons. The second-order valence-electron chi connectivity index (χ2n) is 4.37. The van der Waals surface area contributed by atoms with Crippen LogP contribution in [0.3, 0.4) is 0 Å². The minimum absolute atomic E-state index is 0.231. The van der Waals surface area contributed by atoms with Crippen molar-refractivity contribution in [1.29, 1.82) is 0 Å². The van der Waals surface area contributed by atoms with Gasteiger partial charge in [0, 0.05) is 23.4 Å². The van der Waals surface area contributed by atoms with Crippen LogP contribution in [0.5, 0.6) is 5.75 Å². The van der Waals surface area contributed by atoms with E-state index in [-0.39, 0.29) is 6.04 Å². The fourth-order valence-corrected chi connectivity index (χ4v) is 2.52. The molecule has 2 aromatic rings. The van der Waals surface area contributed by atoms with E-state index >= 15 is 0 Å². The topological polar surface area (TPSA) is 48.1 Å². The number of ether oxygens (including phenoxy) is 1. The molecule has 1 unspecified atom stereocenters. The molecule has 2 rings (SSSR count). The monoisotopic (exact) mass is 262 g/mol. The average molecular weight is 262 g/mol. The second-order valence-corrected chi connectivity index (χ2v) is 5.32. The van der Waals surface area contributed by atoms with Crippen molar-refractivity contribution in [2.24, 2.45) is 5.73 Å². The lowest BCUT2D eigenvalue weighted by atomic mass is 10.1. The third kappa shape index (κ3) is 3.31. The zero-order valence-electron chi connectivity index (χ0n) is 10.7. The number of methoxy groups -OCH3 is 1. The molecule has 4 heteroatoms. The van der Waals surface area contributed by atoms with Crippen LogP contribution in [0, 0.1) is 0 Å². The predicted molar refractivity (Wildman–Crippen MR) is 76.1 cm³/mol. The van der Waals surface area contributed by atoms with E-state index in [0.717, 1.165) is 34.9 Å². The van der Waals surface area contributed by atoms with E-state index in [1.807, 2.05) is 31.2 Å². The highest BCUT2D eigenvalue weighted by atomic mass is 32.1. The molecule has 0 fully saturated rings. The van der Waals surface area contributed by atoms with Crippen LogP contribution in [0.15, 0.2) is 29.6 Å². The zero-order chi connectivity index (χ0) is 13.0. The standard InChI is InChI=1S/C14H18N2OS/c1-10(15)6-7-14-16-13(9-18-14)11-4-3-5-12(8-11)17-2/h3-5,8-10H,6-7,15H2,1-2H3. The first kappa shape index (κ1) is 13.1. The predicted octanol–water partition coefficient (Wildman–Crippen LogP) is 3.10. The molecular weight excluding hydrogens is 244 g/mol. The van der Waals surface area contributed by atoms with E-state index in [0.29, 0.717) is 0 Å². The first-order valence-corrected chi connectivity index (χ1v) is 6.91. The van der Waals surface area contributed by atoms with E-state index in [4.69, 9.17) is 10.5 Å². The summed E-state index contributed by atoms with van der Waals surface area (Å²) in [6.45, 7) is 2.02. The van der Waals surface area contributed by atoms with Gasteiger partial charge in [-0.15, -0.1) is 11.3 Å². The number of aromatic nitrogens is 1. The van der Waals surface area contributed by atoms with Crippen molar-refractivity contribution < 1.29 is 4.74 Å². The fourth-order valence-electron chi connectivity index (χ4n) is 1.69. The van der Waals surface area contributed by atoms with E-state index in [9.17, 15) is 0 Å². The molecule has 0 aliphatic carbocycles. The largest absolute Gasteiger partial charge is 0.497 e. The molecule has 18 heavy (non-hydrogen) atoms. The fraction of sp³-hybridized carbons (Fsp3) is 0.357. The van der Waals surface area contributed by atoms with E-state index in [1.54, 1.807) is 18.4 Å². The summed E-state index contributed by atoms with van der Waals surface area (Å²) in [7, 11) is 1.67. The second kappa shape index (κ2) is 5.98. The van der Waals surface area contributed by atoms with Gasteiger partial charge in [-0.25, -0.2) is 4.98 Å². The molecule has 1 aromatic heterocycles.